The van der Waals surface area contributed by atoms with E-state index >= 15 is 0 Å². The van der Waals surface area contributed by atoms with Crippen molar-refractivity contribution in [3.63, 3.8) is 0 Å². The Balaban J connectivity index is 1.83. The van der Waals surface area contributed by atoms with Gasteiger partial charge in [-0.15, -0.1) is 0 Å². The fourth-order valence-corrected chi connectivity index (χ4v) is 4.10. The Labute approximate surface area is 162 Å². The number of hydrogen-bond donors (Lipinski definition) is 0. The first kappa shape index (κ1) is 16.2. The topological polar surface area (TPSA) is 67.2 Å². The van der Waals surface area contributed by atoms with Crippen LogP contribution in [0.4, 0.5) is 17.1 Å². The largest absolute Gasteiger partial charge is 0.454 e. The van der Waals surface area contributed by atoms with Gasteiger partial charge in [0.25, 0.3) is 0 Å². The molecule has 5 rings (SSSR count). The molecule has 5 nitrogen and oxygen atoms in total. The number of furan rings is 1. The van der Waals surface area contributed by atoms with E-state index in [0.717, 1.165) is 39.0 Å². The summed E-state index contributed by atoms with van der Waals surface area (Å²) in [6.45, 7) is 2.08. The maximum absolute atomic E-state index is 9.76. The number of benzene rings is 3. The Morgan fingerprint density at radius 1 is 0.929 bits per heavy atom. The summed E-state index contributed by atoms with van der Waals surface area (Å²) >= 11 is 0. The molecule has 1 aliphatic rings. The van der Waals surface area contributed by atoms with Crippen LogP contribution in [-0.4, -0.2) is 13.2 Å². The van der Waals surface area contributed by atoms with Crippen LogP contribution >= 0.6 is 0 Å². The van der Waals surface area contributed by atoms with Crippen molar-refractivity contribution >= 4 is 39.0 Å². The highest BCUT2D eigenvalue weighted by Gasteiger charge is 2.36. The molecule has 0 saturated heterocycles. The summed E-state index contributed by atoms with van der Waals surface area (Å²) in [4.78, 5) is 4.21. The van der Waals surface area contributed by atoms with Crippen LogP contribution in [0, 0.1) is 22.7 Å². The summed E-state index contributed by atoms with van der Waals surface area (Å²) < 4.78 is 6.22. The SMILES string of the molecule is C[C@H]1N(C)c2cc(C#N)cc(C#N)c2N1c1cccc2c1oc1ccccc12. The van der Waals surface area contributed by atoms with Crippen LogP contribution in [0.2, 0.25) is 0 Å². The molecule has 0 radical (unpaired) electrons. The molecular formula is C23H16N4O. The van der Waals surface area contributed by atoms with Crippen molar-refractivity contribution in [3.8, 4) is 12.1 Å². The zero-order valence-electron chi connectivity index (χ0n) is 15.5. The summed E-state index contributed by atoms with van der Waals surface area (Å²) in [5.74, 6) is 0. The average molecular weight is 364 g/mol. The van der Waals surface area contributed by atoms with Crippen molar-refractivity contribution in [2.45, 2.75) is 13.1 Å². The maximum Gasteiger partial charge on any atom is 0.159 e. The molecule has 0 amide bonds. The van der Waals surface area contributed by atoms with Crippen LogP contribution in [0.25, 0.3) is 21.9 Å². The van der Waals surface area contributed by atoms with E-state index in [1.54, 1.807) is 6.07 Å². The summed E-state index contributed by atoms with van der Waals surface area (Å²) in [5, 5.41) is 21.2. The molecule has 0 bridgehead atoms. The van der Waals surface area contributed by atoms with Gasteiger partial charge in [-0.2, -0.15) is 10.5 Å². The molecule has 0 N–H and O–H groups in total. The smallest absolute Gasteiger partial charge is 0.159 e. The number of fused-ring (bicyclic) bond motifs is 4. The van der Waals surface area contributed by atoms with Crippen LogP contribution in [-0.2, 0) is 0 Å². The van der Waals surface area contributed by atoms with Crippen LogP contribution in [0.15, 0.2) is 59.0 Å². The highest BCUT2D eigenvalue weighted by atomic mass is 16.3. The highest BCUT2D eigenvalue weighted by Crippen LogP contribution is 2.48. The first-order valence-electron chi connectivity index (χ1n) is 9.04. The maximum atomic E-state index is 9.76. The zero-order valence-corrected chi connectivity index (χ0v) is 15.5. The summed E-state index contributed by atoms with van der Waals surface area (Å²) in [7, 11) is 1.98. The van der Waals surface area contributed by atoms with Gasteiger partial charge in [0, 0.05) is 17.8 Å². The number of nitriles is 2. The first-order valence-corrected chi connectivity index (χ1v) is 9.04. The molecule has 2 heterocycles. The molecule has 0 spiro atoms. The van der Waals surface area contributed by atoms with E-state index in [4.69, 9.17) is 4.42 Å². The van der Waals surface area contributed by atoms with Gasteiger partial charge in [0.1, 0.15) is 17.8 Å². The van der Waals surface area contributed by atoms with E-state index in [1.807, 2.05) is 43.4 Å². The Bertz CT molecular complexity index is 1340. The monoisotopic (exact) mass is 364 g/mol. The molecule has 134 valence electrons. The van der Waals surface area contributed by atoms with Crippen molar-refractivity contribution in [2.24, 2.45) is 0 Å². The molecule has 5 heteroatoms. The minimum Gasteiger partial charge on any atom is -0.454 e. The van der Waals surface area contributed by atoms with Gasteiger partial charge >= 0.3 is 0 Å². The molecule has 0 saturated carbocycles. The van der Waals surface area contributed by atoms with E-state index in [1.165, 1.54) is 0 Å². The number of rotatable bonds is 1. The van der Waals surface area contributed by atoms with Gasteiger partial charge < -0.3 is 14.2 Å². The molecule has 0 fully saturated rings. The molecule has 28 heavy (non-hydrogen) atoms. The Kier molecular flexibility index (Phi) is 3.35. The Hall–Kier alpha value is -3.96. The summed E-state index contributed by atoms with van der Waals surface area (Å²) in [6, 6.07) is 22.0. The van der Waals surface area contributed by atoms with Crippen LogP contribution in [0.1, 0.15) is 18.1 Å². The van der Waals surface area contributed by atoms with Crippen molar-refractivity contribution in [2.75, 3.05) is 16.8 Å². The van der Waals surface area contributed by atoms with Crippen LogP contribution < -0.4 is 9.80 Å². The second kappa shape index (κ2) is 5.77. The van der Waals surface area contributed by atoms with Gasteiger partial charge in [-0.05, 0) is 31.2 Å². The standard InChI is InChI=1S/C23H16N4O/c1-14-26(2)20-11-15(12-24)10-16(13-25)22(20)27(14)19-8-5-7-18-17-6-3-4-9-21(17)28-23(18)19/h3-11,14H,1-2H3/t14-/m0/s1. The van der Waals surface area contributed by atoms with E-state index in [2.05, 4.69) is 41.0 Å². The minimum absolute atomic E-state index is 0.0325. The summed E-state index contributed by atoms with van der Waals surface area (Å²) in [5.41, 5.74) is 5.20. The summed E-state index contributed by atoms with van der Waals surface area (Å²) in [6.07, 6.45) is -0.0325. The van der Waals surface area contributed by atoms with Gasteiger partial charge in [-0.3, -0.25) is 0 Å². The van der Waals surface area contributed by atoms with Crippen LogP contribution in [0.3, 0.4) is 0 Å². The van der Waals surface area contributed by atoms with E-state index in [-0.39, 0.29) is 6.17 Å². The molecule has 3 aromatic carbocycles. The third-order valence-corrected chi connectivity index (χ3v) is 5.54. The van der Waals surface area contributed by atoms with Crippen molar-refractivity contribution in [1.82, 2.24) is 0 Å². The highest BCUT2D eigenvalue weighted by molar-refractivity contribution is 6.10. The average Bonchev–Trinajstić information content (AvgIpc) is 3.23. The molecule has 1 atom stereocenters. The predicted molar refractivity (Wildman–Crippen MR) is 110 cm³/mol. The van der Waals surface area contributed by atoms with Gasteiger partial charge in [-0.1, -0.05) is 30.3 Å². The molecule has 1 aliphatic heterocycles. The van der Waals surface area contributed by atoms with Gasteiger partial charge in [0.05, 0.1) is 34.3 Å². The molecule has 1 aromatic heterocycles. The lowest BCUT2D eigenvalue weighted by molar-refractivity contribution is 0.662. The Morgan fingerprint density at radius 2 is 1.71 bits per heavy atom. The number of para-hydroxylation sites is 2. The van der Waals surface area contributed by atoms with Crippen LogP contribution in [0.5, 0.6) is 0 Å². The van der Waals surface area contributed by atoms with E-state index < -0.39 is 0 Å². The first-order chi connectivity index (χ1) is 13.6. The molecule has 0 aliphatic carbocycles. The van der Waals surface area contributed by atoms with Gasteiger partial charge in [-0.25, -0.2) is 0 Å². The fraction of sp³-hybridized carbons (Fsp3) is 0.130. The lowest BCUT2D eigenvalue weighted by atomic mass is 10.1. The van der Waals surface area contributed by atoms with Gasteiger partial charge in [0.2, 0.25) is 0 Å². The zero-order chi connectivity index (χ0) is 19.4. The van der Waals surface area contributed by atoms with E-state index in [0.29, 0.717) is 11.1 Å². The number of nitrogens with zero attached hydrogens (tertiary/aromatic N) is 4. The minimum atomic E-state index is -0.0325. The van der Waals surface area contributed by atoms with Gasteiger partial charge in [0.15, 0.2) is 5.58 Å². The van der Waals surface area contributed by atoms with E-state index in [9.17, 15) is 10.5 Å². The predicted octanol–water partition coefficient (Wildman–Crippen LogP) is 5.26. The fourth-order valence-electron chi connectivity index (χ4n) is 4.10. The molecule has 0 unspecified atom stereocenters. The number of hydrogen-bond acceptors (Lipinski definition) is 5. The number of anilines is 3. The second-order valence-electron chi connectivity index (χ2n) is 6.98. The van der Waals surface area contributed by atoms with Crippen molar-refractivity contribution in [1.29, 1.82) is 10.5 Å². The Morgan fingerprint density at radius 3 is 2.50 bits per heavy atom. The third-order valence-electron chi connectivity index (χ3n) is 5.54. The normalized spacial score (nSPS) is 15.6. The van der Waals surface area contributed by atoms with Crippen molar-refractivity contribution < 1.29 is 4.42 Å². The second-order valence-corrected chi connectivity index (χ2v) is 6.98. The molecule has 4 aromatic rings. The third kappa shape index (κ3) is 2.05. The quantitative estimate of drug-likeness (QED) is 0.461. The van der Waals surface area contributed by atoms with Crippen molar-refractivity contribution in [3.05, 3.63) is 65.7 Å². The lowest BCUT2D eigenvalue weighted by Crippen LogP contribution is -2.35. The lowest BCUT2D eigenvalue weighted by Gasteiger charge is -2.27. The molecular weight excluding hydrogens is 348 g/mol.